The van der Waals surface area contributed by atoms with Gasteiger partial charge in [-0.3, -0.25) is 19.3 Å². The van der Waals surface area contributed by atoms with Crippen molar-refractivity contribution in [2.75, 3.05) is 19.6 Å². The number of hydrogen-bond donors (Lipinski definition) is 3. The first-order chi connectivity index (χ1) is 9.38. The number of nitrogens with zero attached hydrogens (tertiary/aromatic N) is 3. The molecule has 3 amide bonds. The normalized spacial score (nSPS) is 8.05. The Bertz CT molecular complexity index is 333. The summed E-state index contributed by atoms with van der Waals surface area (Å²) >= 11 is 0. The fourth-order valence-electron chi connectivity index (χ4n) is 0.829. The SMILES string of the molecule is NC(=O)CN(CC(N)=O)CC(N)=O.O=[N+]([O-])[O-].O=[N+]([O-])[O-].[Pb+2]. The standard InChI is InChI=1S/C6H12N4O3.2NO3.Pb/c7-4(11)1-10(2-5(8)12)3-6(9)13;2*2-1(3)4;/h1-3H2,(H2,7,11)(H2,8,12)(H2,9,13);;;/q;2*-1;+2. The van der Waals surface area contributed by atoms with Crippen LogP contribution < -0.4 is 17.2 Å². The van der Waals surface area contributed by atoms with E-state index in [0.29, 0.717) is 0 Å². The Morgan fingerprint density at radius 3 is 0.955 bits per heavy atom. The van der Waals surface area contributed by atoms with Gasteiger partial charge in [-0.25, -0.2) is 0 Å². The van der Waals surface area contributed by atoms with Crippen molar-refractivity contribution in [1.82, 2.24) is 4.90 Å². The Morgan fingerprint density at radius 2 is 0.864 bits per heavy atom. The van der Waals surface area contributed by atoms with Crippen LogP contribution in [0.25, 0.3) is 0 Å². The van der Waals surface area contributed by atoms with Gasteiger partial charge >= 0.3 is 27.3 Å². The Labute approximate surface area is 142 Å². The largest absolute Gasteiger partial charge is 2.00 e. The Morgan fingerprint density at radius 1 is 0.727 bits per heavy atom. The minimum absolute atomic E-state index is 0. The molecule has 0 aromatic heterocycles. The quantitative estimate of drug-likeness (QED) is 0.173. The molecule has 0 aliphatic carbocycles. The molecular weight excluding hydrogens is 507 g/mol. The van der Waals surface area contributed by atoms with Crippen molar-refractivity contribution in [3.8, 4) is 0 Å². The Kier molecular flexibility index (Phi) is 21.3. The number of carbonyl (C=O) groups is 3. The topological polar surface area (TPSA) is 265 Å². The van der Waals surface area contributed by atoms with Gasteiger partial charge < -0.3 is 47.8 Å². The van der Waals surface area contributed by atoms with Crippen molar-refractivity contribution in [2.45, 2.75) is 0 Å². The van der Waals surface area contributed by atoms with E-state index in [1.807, 2.05) is 0 Å². The summed E-state index contributed by atoms with van der Waals surface area (Å²) in [7, 11) is 0. The fourth-order valence-corrected chi connectivity index (χ4v) is 0.829. The number of carbonyl (C=O) groups excluding carboxylic acids is 3. The maximum Gasteiger partial charge on any atom is 2.00 e. The minimum atomic E-state index is -1.75. The average Bonchev–Trinajstić information content (AvgIpc) is 2.10. The number of rotatable bonds is 6. The first-order valence-electron chi connectivity index (χ1n) is 4.58. The predicted octanol–water partition coefficient (Wildman–Crippen LogP) is -4.11. The first-order valence-corrected chi connectivity index (χ1v) is 4.58. The molecule has 0 spiro atoms. The van der Waals surface area contributed by atoms with Crippen molar-refractivity contribution < 1.29 is 24.6 Å². The monoisotopic (exact) mass is 520 g/mol. The molecule has 2 radical (unpaired) electrons. The molecule has 0 aliphatic heterocycles. The van der Waals surface area contributed by atoms with Gasteiger partial charge in [0.05, 0.1) is 29.8 Å². The molecule has 15 nitrogen and oxygen atoms in total. The Balaban J connectivity index is -0.000000150. The molecule has 0 bridgehead atoms. The third-order valence-corrected chi connectivity index (χ3v) is 1.14. The zero-order valence-corrected chi connectivity index (χ0v) is 14.8. The van der Waals surface area contributed by atoms with Crippen LogP contribution in [0.15, 0.2) is 0 Å². The predicted molar refractivity (Wildman–Crippen MR) is 70.5 cm³/mol. The van der Waals surface area contributed by atoms with E-state index in [1.54, 1.807) is 0 Å². The van der Waals surface area contributed by atoms with Gasteiger partial charge in [0.1, 0.15) is 0 Å². The number of amides is 3. The number of primary amides is 3. The molecule has 0 saturated carbocycles. The maximum absolute atomic E-state index is 10.4. The molecule has 0 atom stereocenters. The van der Waals surface area contributed by atoms with Crippen molar-refractivity contribution in [1.29, 1.82) is 0 Å². The van der Waals surface area contributed by atoms with Crippen LogP contribution in [-0.4, -0.2) is 79.7 Å². The van der Waals surface area contributed by atoms with E-state index >= 15 is 0 Å². The van der Waals surface area contributed by atoms with E-state index < -0.39 is 27.9 Å². The summed E-state index contributed by atoms with van der Waals surface area (Å²) in [6.07, 6.45) is 0. The van der Waals surface area contributed by atoms with Gasteiger partial charge in [-0.2, -0.15) is 0 Å². The first kappa shape index (κ1) is 27.9. The van der Waals surface area contributed by atoms with Crippen LogP contribution in [0.5, 0.6) is 0 Å². The minimum Gasteiger partial charge on any atom is -0.369 e. The number of hydrogen-bond acceptors (Lipinski definition) is 10. The molecule has 0 rings (SSSR count). The number of nitrogens with two attached hydrogens (primary N) is 3. The van der Waals surface area contributed by atoms with E-state index in [-0.39, 0.29) is 46.9 Å². The summed E-state index contributed by atoms with van der Waals surface area (Å²) in [6.45, 7) is -0.649. The second-order valence-electron chi connectivity index (χ2n) is 2.99. The van der Waals surface area contributed by atoms with Gasteiger partial charge in [-0.1, -0.05) is 0 Å². The van der Waals surface area contributed by atoms with Crippen molar-refractivity contribution in [3.05, 3.63) is 30.6 Å². The molecule has 0 saturated heterocycles. The van der Waals surface area contributed by atoms with Crippen LogP contribution in [0, 0.1) is 30.6 Å². The van der Waals surface area contributed by atoms with Crippen molar-refractivity contribution in [3.63, 3.8) is 0 Å². The molecule has 0 heterocycles. The van der Waals surface area contributed by atoms with Gasteiger partial charge in [-0.15, -0.1) is 0 Å². The fraction of sp³-hybridized carbons (Fsp3) is 0.500. The third-order valence-electron chi connectivity index (χ3n) is 1.14. The summed E-state index contributed by atoms with van der Waals surface area (Å²) in [4.78, 5) is 49.0. The summed E-state index contributed by atoms with van der Waals surface area (Å²) in [6, 6.07) is 0. The zero-order valence-electron chi connectivity index (χ0n) is 10.9. The summed E-state index contributed by atoms with van der Waals surface area (Å²) < 4.78 is 0. The average molecular weight is 519 g/mol. The van der Waals surface area contributed by atoms with Crippen LogP contribution in [0.2, 0.25) is 0 Å². The van der Waals surface area contributed by atoms with Gasteiger partial charge in [0, 0.05) is 0 Å². The van der Waals surface area contributed by atoms with E-state index in [2.05, 4.69) is 0 Å². The van der Waals surface area contributed by atoms with Crippen molar-refractivity contribution in [2.24, 2.45) is 17.2 Å². The molecule has 0 unspecified atom stereocenters. The second-order valence-corrected chi connectivity index (χ2v) is 2.99. The zero-order chi connectivity index (χ0) is 17.6. The van der Waals surface area contributed by atoms with E-state index in [4.69, 9.17) is 47.8 Å². The summed E-state index contributed by atoms with van der Waals surface area (Å²) in [5.74, 6) is -1.95. The summed E-state index contributed by atoms with van der Waals surface area (Å²) in [5.41, 5.74) is 14.6. The van der Waals surface area contributed by atoms with Gasteiger partial charge in [-0.05, 0) is 0 Å². The Hall–Kier alpha value is -2.31. The van der Waals surface area contributed by atoms with Crippen LogP contribution >= 0.6 is 0 Å². The summed E-state index contributed by atoms with van der Waals surface area (Å²) in [5, 5.41) is 29.5. The molecule has 6 N–H and O–H groups in total. The van der Waals surface area contributed by atoms with E-state index in [0.717, 1.165) is 0 Å². The molecule has 0 fully saturated rings. The van der Waals surface area contributed by atoms with Gasteiger partial charge in [0.25, 0.3) is 0 Å². The molecule has 0 aliphatic rings. The molecule has 0 aromatic carbocycles. The van der Waals surface area contributed by atoms with Crippen LogP contribution in [0.3, 0.4) is 0 Å². The van der Waals surface area contributed by atoms with E-state index in [1.165, 1.54) is 4.90 Å². The van der Waals surface area contributed by atoms with Gasteiger partial charge in [0.2, 0.25) is 17.7 Å². The van der Waals surface area contributed by atoms with Crippen molar-refractivity contribution >= 4 is 45.0 Å². The van der Waals surface area contributed by atoms with Crippen LogP contribution in [0.1, 0.15) is 0 Å². The second kappa shape index (κ2) is 16.7. The molecule has 124 valence electrons. The van der Waals surface area contributed by atoms with Crippen LogP contribution in [0.4, 0.5) is 0 Å². The molecule has 16 heteroatoms. The molecule has 0 aromatic rings. The third kappa shape index (κ3) is 52.5. The smallest absolute Gasteiger partial charge is 0.369 e. The van der Waals surface area contributed by atoms with Crippen LogP contribution in [-0.2, 0) is 14.4 Å². The van der Waals surface area contributed by atoms with E-state index in [9.17, 15) is 14.4 Å². The molecule has 22 heavy (non-hydrogen) atoms. The molecular formula is C6H12N6O9Pb. The maximum atomic E-state index is 10.4. The van der Waals surface area contributed by atoms with Gasteiger partial charge in [0.15, 0.2) is 0 Å².